The van der Waals surface area contributed by atoms with Gasteiger partial charge in [-0.1, -0.05) is 6.07 Å². The first-order valence-corrected chi connectivity index (χ1v) is 6.75. The van der Waals surface area contributed by atoms with Gasteiger partial charge in [0.05, 0.1) is 16.9 Å². The molecule has 1 aromatic heterocycles. The lowest BCUT2D eigenvalue weighted by molar-refractivity contribution is -0.384. The first kappa shape index (κ1) is 13.4. The Kier molecular flexibility index (Phi) is 3.43. The molecule has 21 heavy (non-hydrogen) atoms. The van der Waals surface area contributed by atoms with Crippen LogP contribution in [0.25, 0.3) is 0 Å². The molecule has 2 aromatic rings. The molecule has 0 fully saturated rings. The largest absolute Gasteiger partial charge is 0.469 e. The summed E-state index contributed by atoms with van der Waals surface area (Å²) in [6, 6.07) is 8.31. The van der Waals surface area contributed by atoms with Crippen LogP contribution in [-0.2, 0) is 17.6 Å². The Bertz CT molecular complexity index is 679. The molecule has 0 saturated heterocycles. The molecule has 0 atom stereocenters. The minimum atomic E-state index is -0.440. The summed E-state index contributed by atoms with van der Waals surface area (Å²) < 4.78 is 5.21. The molecule has 0 aliphatic carbocycles. The smallest absolute Gasteiger partial charge is 0.271 e. The van der Waals surface area contributed by atoms with Crippen molar-refractivity contribution >= 4 is 17.3 Å². The van der Waals surface area contributed by atoms with E-state index in [1.165, 1.54) is 12.1 Å². The van der Waals surface area contributed by atoms with E-state index in [-0.39, 0.29) is 11.6 Å². The predicted octanol–water partition coefficient (Wildman–Crippen LogP) is 2.71. The van der Waals surface area contributed by atoms with Crippen LogP contribution in [0.3, 0.4) is 0 Å². The van der Waals surface area contributed by atoms with Crippen LogP contribution in [-0.4, -0.2) is 17.4 Å². The Morgan fingerprint density at radius 3 is 2.95 bits per heavy atom. The van der Waals surface area contributed by atoms with E-state index in [0.29, 0.717) is 25.1 Å². The van der Waals surface area contributed by atoms with Crippen molar-refractivity contribution in [2.45, 2.75) is 19.3 Å². The van der Waals surface area contributed by atoms with Gasteiger partial charge >= 0.3 is 0 Å². The highest BCUT2D eigenvalue weighted by Gasteiger charge is 2.26. The molecule has 0 unspecified atom stereocenters. The molecule has 3 rings (SSSR count). The molecule has 6 heteroatoms. The van der Waals surface area contributed by atoms with Gasteiger partial charge in [-0.05, 0) is 24.1 Å². The summed E-state index contributed by atoms with van der Waals surface area (Å²) in [4.78, 5) is 24.3. The van der Waals surface area contributed by atoms with Gasteiger partial charge in [-0.15, -0.1) is 0 Å². The number of aryl methyl sites for hydroxylation is 1. The molecule has 1 amide bonds. The number of rotatable bonds is 4. The third kappa shape index (κ3) is 2.65. The minimum absolute atomic E-state index is 0.0134. The quantitative estimate of drug-likeness (QED) is 0.639. The number of furan rings is 1. The number of amides is 1. The highest BCUT2D eigenvalue weighted by molar-refractivity contribution is 5.95. The van der Waals surface area contributed by atoms with Crippen LogP contribution >= 0.6 is 0 Å². The van der Waals surface area contributed by atoms with E-state index in [2.05, 4.69) is 0 Å². The van der Waals surface area contributed by atoms with Crippen molar-refractivity contribution in [3.8, 4) is 0 Å². The number of carbonyl (C=O) groups is 1. The van der Waals surface area contributed by atoms with Crippen LogP contribution in [0.1, 0.15) is 17.7 Å². The molecule has 0 spiro atoms. The van der Waals surface area contributed by atoms with Crippen LogP contribution in [0, 0.1) is 10.1 Å². The number of benzene rings is 1. The average molecular weight is 286 g/mol. The summed E-state index contributed by atoms with van der Waals surface area (Å²) in [5, 5.41) is 10.8. The van der Waals surface area contributed by atoms with E-state index in [1.54, 1.807) is 23.3 Å². The fraction of sp³-hybridized carbons (Fsp3) is 0.267. The summed E-state index contributed by atoms with van der Waals surface area (Å²) in [5.41, 5.74) is 1.65. The third-order valence-electron chi connectivity index (χ3n) is 3.64. The first-order valence-electron chi connectivity index (χ1n) is 6.75. The zero-order chi connectivity index (χ0) is 14.8. The summed E-state index contributed by atoms with van der Waals surface area (Å²) in [6.07, 6.45) is 3.18. The molecule has 1 aliphatic rings. The Hall–Kier alpha value is -2.63. The number of anilines is 1. The summed E-state index contributed by atoms with van der Waals surface area (Å²) in [7, 11) is 0. The molecular weight excluding hydrogens is 272 g/mol. The molecule has 1 aliphatic heterocycles. The van der Waals surface area contributed by atoms with Crippen LogP contribution in [0.5, 0.6) is 0 Å². The van der Waals surface area contributed by atoms with Gasteiger partial charge in [0.15, 0.2) is 0 Å². The van der Waals surface area contributed by atoms with E-state index in [0.717, 1.165) is 17.7 Å². The van der Waals surface area contributed by atoms with Crippen LogP contribution in [0.2, 0.25) is 0 Å². The van der Waals surface area contributed by atoms with E-state index >= 15 is 0 Å². The SMILES string of the molecule is O=C(CCc1ccco1)N1CCc2ccc([N+](=O)[O-])cc21. The molecule has 0 saturated carbocycles. The molecule has 0 radical (unpaired) electrons. The first-order chi connectivity index (χ1) is 10.1. The Balaban J connectivity index is 1.75. The number of nitro benzene ring substituents is 1. The Morgan fingerprint density at radius 2 is 2.24 bits per heavy atom. The zero-order valence-electron chi connectivity index (χ0n) is 11.3. The standard InChI is InChI=1S/C15H14N2O4/c18-15(6-5-13-2-1-9-21-13)16-8-7-11-3-4-12(17(19)20)10-14(11)16/h1-4,9-10H,5-8H2. The number of nitro groups is 1. The third-order valence-corrected chi connectivity index (χ3v) is 3.64. The molecule has 2 heterocycles. The van der Waals surface area contributed by atoms with Crippen molar-refractivity contribution in [2.75, 3.05) is 11.4 Å². The van der Waals surface area contributed by atoms with Crippen molar-refractivity contribution in [1.29, 1.82) is 0 Å². The number of hydrogen-bond donors (Lipinski definition) is 0. The summed E-state index contributed by atoms with van der Waals surface area (Å²) in [5.74, 6) is 0.729. The predicted molar refractivity (Wildman–Crippen MR) is 76.2 cm³/mol. The number of hydrogen-bond acceptors (Lipinski definition) is 4. The molecular formula is C15H14N2O4. The maximum atomic E-state index is 12.3. The average Bonchev–Trinajstić information content (AvgIpc) is 3.13. The van der Waals surface area contributed by atoms with E-state index in [9.17, 15) is 14.9 Å². The van der Waals surface area contributed by atoms with Gasteiger partial charge in [-0.2, -0.15) is 0 Å². The Labute approximate surface area is 121 Å². The van der Waals surface area contributed by atoms with Gasteiger partial charge in [0.1, 0.15) is 5.76 Å². The molecule has 0 bridgehead atoms. The van der Waals surface area contributed by atoms with Gasteiger partial charge < -0.3 is 9.32 Å². The Morgan fingerprint density at radius 1 is 1.38 bits per heavy atom. The number of fused-ring (bicyclic) bond motifs is 1. The van der Waals surface area contributed by atoms with Crippen LogP contribution in [0.15, 0.2) is 41.0 Å². The van der Waals surface area contributed by atoms with E-state index in [4.69, 9.17) is 4.42 Å². The normalized spacial score (nSPS) is 13.2. The molecule has 1 aromatic carbocycles. The van der Waals surface area contributed by atoms with Gasteiger partial charge in [0.2, 0.25) is 5.91 Å². The highest BCUT2D eigenvalue weighted by Crippen LogP contribution is 2.32. The summed E-state index contributed by atoms with van der Waals surface area (Å²) in [6.45, 7) is 0.577. The number of carbonyl (C=O) groups excluding carboxylic acids is 1. The van der Waals surface area contributed by atoms with Crippen molar-refractivity contribution in [3.05, 3.63) is 58.0 Å². The van der Waals surface area contributed by atoms with Crippen LogP contribution in [0.4, 0.5) is 11.4 Å². The lowest BCUT2D eigenvalue weighted by Crippen LogP contribution is -2.29. The van der Waals surface area contributed by atoms with Gasteiger partial charge in [-0.25, -0.2) is 0 Å². The number of non-ortho nitro benzene ring substituents is 1. The monoisotopic (exact) mass is 286 g/mol. The van der Waals surface area contributed by atoms with Gasteiger partial charge in [0.25, 0.3) is 5.69 Å². The van der Waals surface area contributed by atoms with Crippen molar-refractivity contribution in [2.24, 2.45) is 0 Å². The lowest BCUT2D eigenvalue weighted by Gasteiger charge is -2.16. The molecule has 6 nitrogen and oxygen atoms in total. The van der Waals surface area contributed by atoms with Crippen molar-refractivity contribution in [3.63, 3.8) is 0 Å². The maximum absolute atomic E-state index is 12.3. The van der Waals surface area contributed by atoms with Gasteiger partial charge in [-0.3, -0.25) is 14.9 Å². The lowest BCUT2D eigenvalue weighted by atomic mass is 10.1. The van der Waals surface area contributed by atoms with Crippen LogP contribution < -0.4 is 4.90 Å². The van der Waals surface area contributed by atoms with Crippen molar-refractivity contribution in [1.82, 2.24) is 0 Å². The second-order valence-corrected chi connectivity index (χ2v) is 4.94. The van der Waals surface area contributed by atoms with E-state index < -0.39 is 4.92 Å². The highest BCUT2D eigenvalue weighted by atomic mass is 16.6. The number of nitrogens with zero attached hydrogens (tertiary/aromatic N) is 2. The van der Waals surface area contributed by atoms with Crippen molar-refractivity contribution < 1.29 is 14.1 Å². The zero-order valence-corrected chi connectivity index (χ0v) is 11.3. The fourth-order valence-corrected chi connectivity index (χ4v) is 2.56. The molecule has 108 valence electrons. The van der Waals surface area contributed by atoms with Gasteiger partial charge in [0, 0.05) is 31.5 Å². The summed E-state index contributed by atoms with van der Waals surface area (Å²) >= 11 is 0. The minimum Gasteiger partial charge on any atom is -0.469 e. The maximum Gasteiger partial charge on any atom is 0.271 e. The van der Waals surface area contributed by atoms with E-state index in [1.807, 2.05) is 6.07 Å². The fourth-order valence-electron chi connectivity index (χ4n) is 2.56. The second-order valence-electron chi connectivity index (χ2n) is 4.94. The second kappa shape index (κ2) is 5.40. The topological polar surface area (TPSA) is 76.6 Å². The molecule has 0 N–H and O–H groups in total.